The third-order valence-corrected chi connectivity index (χ3v) is 1.30. The first-order valence-electron chi connectivity index (χ1n) is 2.83. The van der Waals surface area contributed by atoms with Gasteiger partial charge in [-0.3, -0.25) is 4.98 Å². The van der Waals surface area contributed by atoms with Crippen LogP contribution in [0.4, 0.5) is 5.82 Å². The predicted octanol–water partition coefficient (Wildman–Crippen LogP) is 0.805. The molecule has 0 radical (unpaired) electrons. The van der Waals surface area contributed by atoms with Crippen molar-refractivity contribution in [1.29, 1.82) is 0 Å². The van der Waals surface area contributed by atoms with E-state index in [9.17, 15) is 0 Å². The van der Waals surface area contributed by atoms with Crippen molar-refractivity contribution in [3.05, 3.63) is 18.5 Å². The Kier molecular flexibility index (Phi) is 0.887. The van der Waals surface area contributed by atoms with Gasteiger partial charge in [-0.05, 0) is 6.07 Å². The summed E-state index contributed by atoms with van der Waals surface area (Å²) in [5.74, 6) is 0.414. The van der Waals surface area contributed by atoms with Gasteiger partial charge in [0, 0.05) is 6.20 Å². The van der Waals surface area contributed by atoms with Crippen molar-refractivity contribution >= 4 is 16.8 Å². The molecule has 2 heterocycles. The van der Waals surface area contributed by atoms with E-state index in [1.807, 2.05) is 0 Å². The summed E-state index contributed by atoms with van der Waals surface area (Å²) in [7, 11) is 0. The van der Waals surface area contributed by atoms with Crippen molar-refractivity contribution in [3.63, 3.8) is 0 Å². The second-order valence-corrected chi connectivity index (χ2v) is 1.94. The van der Waals surface area contributed by atoms with Crippen LogP contribution in [0.25, 0.3) is 11.0 Å². The lowest BCUT2D eigenvalue weighted by Crippen LogP contribution is -1.82. The highest BCUT2D eigenvalue weighted by atomic mass is 16.5. The molecule has 0 spiro atoms. The molecule has 2 aromatic rings. The SMILES string of the molecule is Nc1noc2cnccc12. The lowest BCUT2D eigenvalue weighted by Gasteiger charge is -1.81. The van der Waals surface area contributed by atoms with Gasteiger partial charge in [-0.1, -0.05) is 5.16 Å². The molecular formula is C6H5N3O. The minimum Gasteiger partial charge on any atom is -0.380 e. The van der Waals surface area contributed by atoms with E-state index < -0.39 is 0 Å². The largest absolute Gasteiger partial charge is 0.380 e. The van der Waals surface area contributed by atoms with Crippen molar-refractivity contribution in [1.82, 2.24) is 10.1 Å². The van der Waals surface area contributed by atoms with Crippen LogP contribution in [-0.4, -0.2) is 10.1 Å². The van der Waals surface area contributed by atoms with Gasteiger partial charge in [0.05, 0.1) is 11.6 Å². The Labute approximate surface area is 56.6 Å². The molecule has 0 amide bonds. The van der Waals surface area contributed by atoms with Crippen LogP contribution in [0.15, 0.2) is 23.0 Å². The van der Waals surface area contributed by atoms with Gasteiger partial charge in [0.2, 0.25) is 0 Å². The second kappa shape index (κ2) is 1.70. The predicted molar refractivity (Wildman–Crippen MR) is 36.2 cm³/mol. The zero-order valence-electron chi connectivity index (χ0n) is 5.11. The van der Waals surface area contributed by atoms with Gasteiger partial charge in [-0.2, -0.15) is 0 Å². The van der Waals surface area contributed by atoms with Gasteiger partial charge in [-0.15, -0.1) is 0 Å². The maximum atomic E-state index is 5.44. The van der Waals surface area contributed by atoms with Crippen molar-refractivity contribution < 1.29 is 4.52 Å². The van der Waals surface area contributed by atoms with Crippen LogP contribution in [0.1, 0.15) is 0 Å². The molecule has 2 N–H and O–H groups in total. The topological polar surface area (TPSA) is 64.9 Å². The number of anilines is 1. The fourth-order valence-electron chi connectivity index (χ4n) is 0.812. The van der Waals surface area contributed by atoms with Crippen LogP contribution >= 0.6 is 0 Å². The Morgan fingerprint density at radius 3 is 3.20 bits per heavy atom. The van der Waals surface area contributed by atoms with E-state index in [0.717, 1.165) is 5.39 Å². The Bertz CT molecular complexity index is 355. The number of rotatable bonds is 0. The Balaban J connectivity index is 2.93. The first-order valence-corrected chi connectivity index (χ1v) is 2.83. The molecule has 2 rings (SSSR count). The fraction of sp³-hybridized carbons (Fsp3) is 0. The van der Waals surface area contributed by atoms with Crippen molar-refractivity contribution in [2.24, 2.45) is 0 Å². The molecule has 0 saturated carbocycles. The van der Waals surface area contributed by atoms with Crippen LogP contribution in [0.2, 0.25) is 0 Å². The summed E-state index contributed by atoms with van der Waals surface area (Å²) in [6.45, 7) is 0. The van der Waals surface area contributed by atoms with Gasteiger partial charge in [0.15, 0.2) is 11.4 Å². The Morgan fingerprint density at radius 1 is 1.50 bits per heavy atom. The Hall–Kier alpha value is -1.58. The van der Waals surface area contributed by atoms with Crippen LogP contribution in [0, 0.1) is 0 Å². The molecule has 0 atom stereocenters. The lowest BCUT2D eigenvalue weighted by molar-refractivity contribution is 0.459. The molecule has 2 aromatic heterocycles. The van der Waals surface area contributed by atoms with Gasteiger partial charge in [0.25, 0.3) is 0 Å². The molecule has 4 heteroatoms. The van der Waals surface area contributed by atoms with Crippen LogP contribution in [-0.2, 0) is 0 Å². The molecule has 0 unspecified atom stereocenters. The van der Waals surface area contributed by atoms with Crippen LogP contribution < -0.4 is 5.73 Å². The molecular weight excluding hydrogens is 130 g/mol. The minimum absolute atomic E-state index is 0.414. The lowest BCUT2D eigenvalue weighted by atomic mass is 10.3. The summed E-state index contributed by atoms with van der Waals surface area (Å²) in [5.41, 5.74) is 6.07. The monoisotopic (exact) mass is 135 g/mol. The molecule has 0 saturated heterocycles. The summed E-state index contributed by atoms with van der Waals surface area (Å²) < 4.78 is 4.81. The van der Waals surface area contributed by atoms with Gasteiger partial charge < -0.3 is 10.3 Å². The number of fused-ring (bicyclic) bond motifs is 1. The van der Waals surface area contributed by atoms with E-state index >= 15 is 0 Å². The highest BCUT2D eigenvalue weighted by molar-refractivity contribution is 5.85. The molecule has 4 nitrogen and oxygen atoms in total. The van der Waals surface area contributed by atoms with Crippen molar-refractivity contribution in [3.8, 4) is 0 Å². The molecule has 0 aromatic carbocycles. The third kappa shape index (κ3) is 0.556. The zero-order chi connectivity index (χ0) is 6.97. The van der Waals surface area contributed by atoms with Crippen molar-refractivity contribution in [2.75, 3.05) is 5.73 Å². The zero-order valence-corrected chi connectivity index (χ0v) is 5.11. The van der Waals surface area contributed by atoms with E-state index in [4.69, 9.17) is 10.3 Å². The summed E-state index contributed by atoms with van der Waals surface area (Å²) in [6, 6.07) is 1.77. The van der Waals surface area contributed by atoms with Gasteiger partial charge in [-0.25, -0.2) is 0 Å². The summed E-state index contributed by atoms with van der Waals surface area (Å²) in [5, 5.41) is 4.37. The number of aromatic nitrogens is 2. The average molecular weight is 135 g/mol. The molecule has 0 fully saturated rings. The first kappa shape index (κ1) is 5.22. The van der Waals surface area contributed by atoms with Gasteiger partial charge in [0.1, 0.15) is 0 Å². The molecule has 0 aliphatic rings. The van der Waals surface area contributed by atoms with E-state index in [1.54, 1.807) is 18.5 Å². The summed E-state index contributed by atoms with van der Waals surface area (Å²) in [6.07, 6.45) is 3.23. The molecule has 0 aliphatic heterocycles. The van der Waals surface area contributed by atoms with E-state index in [2.05, 4.69) is 10.1 Å². The third-order valence-electron chi connectivity index (χ3n) is 1.30. The summed E-state index contributed by atoms with van der Waals surface area (Å²) in [4.78, 5) is 3.84. The molecule has 0 aliphatic carbocycles. The second-order valence-electron chi connectivity index (χ2n) is 1.94. The smallest absolute Gasteiger partial charge is 0.187 e. The number of nitrogens with two attached hydrogens (primary N) is 1. The molecule has 10 heavy (non-hydrogen) atoms. The maximum absolute atomic E-state index is 5.44. The van der Waals surface area contributed by atoms with Crippen LogP contribution in [0.3, 0.4) is 0 Å². The van der Waals surface area contributed by atoms with E-state index in [1.165, 1.54) is 0 Å². The van der Waals surface area contributed by atoms with E-state index in [-0.39, 0.29) is 0 Å². The number of hydrogen-bond donors (Lipinski definition) is 1. The maximum Gasteiger partial charge on any atom is 0.187 e. The fourth-order valence-corrected chi connectivity index (χ4v) is 0.812. The van der Waals surface area contributed by atoms with E-state index in [0.29, 0.717) is 11.4 Å². The van der Waals surface area contributed by atoms with Crippen LogP contribution in [0.5, 0.6) is 0 Å². The van der Waals surface area contributed by atoms with Crippen molar-refractivity contribution in [2.45, 2.75) is 0 Å². The standard InChI is InChI=1S/C6H5N3O/c7-6-4-1-2-8-3-5(4)10-9-6/h1-3H,(H2,7,9). The highest BCUT2D eigenvalue weighted by Gasteiger charge is 2.01. The Morgan fingerprint density at radius 2 is 2.40 bits per heavy atom. The van der Waals surface area contributed by atoms with Gasteiger partial charge >= 0.3 is 0 Å². The molecule has 0 bridgehead atoms. The number of pyridine rings is 1. The number of nitrogen functional groups attached to an aromatic ring is 1. The normalized spacial score (nSPS) is 10.4. The number of hydrogen-bond acceptors (Lipinski definition) is 4. The average Bonchev–Trinajstić information content (AvgIpc) is 2.34. The highest BCUT2D eigenvalue weighted by Crippen LogP contribution is 2.17. The number of nitrogens with zero attached hydrogens (tertiary/aromatic N) is 2. The first-order chi connectivity index (χ1) is 4.88. The quantitative estimate of drug-likeness (QED) is 0.580. The minimum atomic E-state index is 0.414. The molecule has 50 valence electrons. The summed E-state index contributed by atoms with van der Waals surface area (Å²) >= 11 is 0.